The predicted octanol–water partition coefficient (Wildman–Crippen LogP) is 6.08. The van der Waals surface area contributed by atoms with Gasteiger partial charge < -0.3 is 10.1 Å². The Morgan fingerprint density at radius 1 is 1.00 bits per heavy atom. The van der Waals surface area contributed by atoms with Crippen LogP contribution in [0.4, 0.5) is 14.5 Å². The van der Waals surface area contributed by atoms with Crippen LogP contribution in [-0.2, 0) is 17.6 Å². The minimum absolute atomic E-state index is 0.0719. The van der Waals surface area contributed by atoms with Crippen molar-refractivity contribution in [3.8, 4) is 17.3 Å². The lowest BCUT2D eigenvalue weighted by molar-refractivity contribution is -0.116. The van der Waals surface area contributed by atoms with Crippen LogP contribution < -0.4 is 10.1 Å². The summed E-state index contributed by atoms with van der Waals surface area (Å²) in [5.41, 5.74) is 2.62. The number of para-hydroxylation sites is 2. The number of ether oxygens (including phenoxy) is 1. The molecular weight excluding hydrogens is 424 g/mol. The number of carbonyl (C=O) groups is 1. The average Bonchev–Trinajstić information content (AvgIpc) is 3.17. The highest BCUT2D eigenvalue weighted by Gasteiger charge is 2.22. The summed E-state index contributed by atoms with van der Waals surface area (Å²) in [7, 11) is 0. The summed E-state index contributed by atoms with van der Waals surface area (Å²) in [4.78, 5) is 12.5. The number of rotatable bonds is 8. The molecule has 0 aliphatic rings. The van der Waals surface area contributed by atoms with Gasteiger partial charge in [0.2, 0.25) is 11.8 Å². The van der Waals surface area contributed by atoms with Crippen LogP contribution in [0, 0.1) is 11.6 Å². The molecule has 3 aromatic carbocycles. The summed E-state index contributed by atoms with van der Waals surface area (Å²) < 4.78 is 35.4. The second-order valence-electron chi connectivity index (χ2n) is 7.42. The molecule has 0 bridgehead atoms. The van der Waals surface area contributed by atoms with Gasteiger partial charge in [-0.2, -0.15) is 5.10 Å². The third kappa shape index (κ3) is 5.26. The fourth-order valence-corrected chi connectivity index (χ4v) is 3.52. The van der Waals surface area contributed by atoms with Crippen molar-refractivity contribution in [1.82, 2.24) is 9.78 Å². The molecule has 1 amide bonds. The van der Waals surface area contributed by atoms with Gasteiger partial charge in [0.15, 0.2) is 11.6 Å². The van der Waals surface area contributed by atoms with Gasteiger partial charge in [-0.1, -0.05) is 43.3 Å². The molecule has 0 saturated carbocycles. The largest absolute Gasteiger partial charge is 0.436 e. The number of aryl methyl sites for hydroxylation is 1. The summed E-state index contributed by atoms with van der Waals surface area (Å²) in [5, 5.41) is 7.39. The Hall–Kier alpha value is -4.00. The SMILES string of the molecule is CCc1nn(-c2ccccc2)c(Oc2ccccc2F)c1CCC(=O)Nc1cccc(F)c1. The highest BCUT2D eigenvalue weighted by Crippen LogP contribution is 2.33. The van der Waals surface area contributed by atoms with Crippen LogP contribution in [0.2, 0.25) is 0 Å². The van der Waals surface area contributed by atoms with E-state index in [4.69, 9.17) is 4.74 Å². The van der Waals surface area contributed by atoms with E-state index in [1.807, 2.05) is 37.3 Å². The number of halogens is 2. The minimum Gasteiger partial charge on any atom is -0.436 e. The average molecular weight is 447 g/mol. The highest BCUT2D eigenvalue weighted by molar-refractivity contribution is 5.90. The Morgan fingerprint density at radius 2 is 1.76 bits per heavy atom. The maximum absolute atomic E-state index is 14.4. The van der Waals surface area contributed by atoms with E-state index in [1.165, 1.54) is 24.3 Å². The first-order valence-electron chi connectivity index (χ1n) is 10.7. The van der Waals surface area contributed by atoms with E-state index in [1.54, 1.807) is 28.9 Å². The number of aromatic nitrogens is 2. The highest BCUT2D eigenvalue weighted by atomic mass is 19.1. The Bertz CT molecular complexity index is 1260. The van der Waals surface area contributed by atoms with Crippen molar-refractivity contribution in [2.75, 3.05) is 5.32 Å². The minimum atomic E-state index is -0.494. The number of hydrogen-bond donors (Lipinski definition) is 1. The fourth-order valence-electron chi connectivity index (χ4n) is 3.52. The molecule has 0 atom stereocenters. The summed E-state index contributed by atoms with van der Waals surface area (Å²) in [5.74, 6) is -0.756. The van der Waals surface area contributed by atoms with Crippen molar-refractivity contribution in [2.45, 2.75) is 26.2 Å². The Labute approximate surface area is 190 Å². The van der Waals surface area contributed by atoms with Gasteiger partial charge in [0.05, 0.1) is 11.4 Å². The van der Waals surface area contributed by atoms with Gasteiger partial charge in [0.25, 0.3) is 0 Å². The van der Waals surface area contributed by atoms with E-state index in [0.29, 0.717) is 24.4 Å². The van der Waals surface area contributed by atoms with Gasteiger partial charge in [-0.3, -0.25) is 4.79 Å². The molecule has 0 fully saturated rings. The molecule has 0 aliphatic heterocycles. The van der Waals surface area contributed by atoms with E-state index >= 15 is 0 Å². The number of anilines is 1. The van der Waals surface area contributed by atoms with Crippen LogP contribution in [0.25, 0.3) is 5.69 Å². The molecule has 7 heteroatoms. The first-order chi connectivity index (χ1) is 16.0. The van der Waals surface area contributed by atoms with Gasteiger partial charge in [0.1, 0.15) is 5.82 Å². The Balaban J connectivity index is 1.65. The smallest absolute Gasteiger partial charge is 0.226 e. The molecule has 0 unspecified atom stereocenters. The maximum atomic E-state index is 14.4. The molecule has 0 radical (unpaired) electrons. The topological polar surface area (TPSA) is 56.2 Å². The lowest BCUT2D eigenvalue weighted by atomic mass is 10.1. The third-order valence-electron chi connectivity index (χ3n) is 5.11. The van der Waals surface area contributed by atoms with Crippen LogP contribution in [0.5, 0.6) is 11.6 Å². The van der Waals surface area contributed by atoms with Crippen LogP contribution in [0.1, 0.15) is 24.6 Å². The summed E-state index contributed by atoms with van der Waals surface area (Å²) >= 11 is 0. The molecule has 0 saturated heterocycles. The number of benzene rings is 3. The molecule has 1 N–H and O–H groups in total. The van der Waals surface area contributed by atoms with E-state index in [0.717, 1.165) is 16.9 Å². The van der Waals surface area contributed by atoms with E-state index < -0.39 is 11.6 Å². The molecule has 1 heterocycles. The van der Waals surface area contributed by atoms with E-state index in [-0.39, 0.29) is 18.1 Å². The number of hydrogen-bond acceptors (Lipinski definition) is 3. The second kappa shape index (κ2) is 10.1. The normalized spacial score (nSPS) is 10.8. The van der Waals surface area contributed by atoms with Crippen molar-refractivity contribution < 1.29 is 18.3 Å². The first-order valence-corrected chi connectivity index (χ1v) is 10.7. The molecular formula is C26H23F2N3O2. The molecule has 0 spiro atoms. The quantitative estimate of drug-likeness (QED) is 0.356. The van der Waals surface area contributed by atoms with Crippen molar-refractivity contribution in [2.24, 2.45) is 0 Å². The van der Waals surface area contributed by atoms with Gasteiger partial charge >= 0.3 is 0 Å². The summed E-state index contributed by atoms with van der Waals surface area (Å²) in [6, 6.07) is 21.3. The maximum Gasteiger partial charge on any atom is 0.226 e. The molecule has 0 aliphatic carbocycles. The second-order valence-corrected chi connectivity index (χ2v) is 7.42. The zero-order valence-corrected chi connectivity index (χ0v) is 18.1. The van der Waals surface area contributed by atoms with Crippen LogP contribution in [0.15, 0.2) is 78.9 Å². The van der Waals surface area contributed by atoms with Crippen LogP contribution in [0.3, 0.4) is 0 Å². The van der Waals surface area contributed by atoms with Crippen molar-refractivity contribution in [1.29, 1.82) is 0 Å². The fraction of sp³-hybridized carbons (Fsp3) is 0.154. The van der Waals surface area contributed by atoms with Crippen molar-refractivity contribution in [3.63, 3.8) is 0 Å². The molecule has 33 heavy (non-hydrogen) atoms. The van der Waals surface area contributed by atoms with Crippen LogP contribution in [-0.4, -0.2) is 15.7 Å². The van der Waals surface area contributed by atoms with E-state index in [9.17, 15) is 13.6 Å². The van der Waals surface area contributed by atoms with Crippen molar-refractivity contribution in [3.05, 3.63) is 102 Å². The number of carbonyl (C=O) groups excluding carboxylic acids is 1. The van der Waals surface area contributed by atoms with E-state index in [2.05, 4.69) is 10.4 Å². The first kappa shape index (κ1) is 22.2. The van der Waals surface area contributed by atoms with Gasteiger partial charge in [-0.05, 0) is 55.3 Å². The number of nitrogens with zero attached hydrogens (tertiary/aromatic N) is 2. The Kier molecular flexibility index (Phi) is 6.78. The lowest BCUT2D eigenvalue weighted by Crippen LogP contribution is -2.13. The summed E-state index contributed by atoms with van der Waals surface area (Å²) in [6.07, 6.45) is 1.05. The molecule has 5 nitrogen and oxygen atoms in total. The molecule has 4 aromatic rings. The van der Waals surface area contributed by atoms with Crippen molar-refractivity contribution >= 4 is 11.6 Å². The molecule has 168 valence electrons. The number of amides is 1. The zero-order valence-electron chi connectivity index (χ0n) is 18.1. The standard InChI is InChI=1S/C26H23F2N3O2/c1-2-23-21(15-16-25(32)29-19-10-8-9-18(27)17-19)26(33-24-14-7-6-13-22(24)28)31(30-23)20-11-4-3-5-12-20/h3-14,17H,2,15-16H2,1H3,(H,29,32). The third-order valence-corrected chi connectivity index (χ3v) is 5.11. The monoisotopic (exact) mass is 447 g/mol. The molecule has 1 aromatic heterocycles. The Morgan fingerprint density at radius 3 is 2.48 bits per heavy atom. The van der Waals surface area contributed by atoms with Gasteiger partial charge in [0, 0.05) is 17.7 Å². The van der Waals surface area contributed by atoms with Gasteiger partial charge in [-0.25, -0.2) is 13.5 Å². The lowest BCUT2D eigenvalue weighted by Gasteiger charge is -2.12. The number of nitrogens with one attached hydrogen (secondary N) is 1. The zero-order chi connectivity index (χ0) is 23.2. The van der Waals surface area contributed by atoms with Crippen LogP contribution >= 0.6 is 0 Å². The summed E-state index contributed by atoms with van der Waals surface area (Å²) in [6.45, 7) is 1.96. The molecule has 4 rings (SSSR count). The predicted molar refractivity (Wildman–Crippen MR) is 123 cm³/mol. The van der Waals surface area contributed by atoms with Gasteiger partial charge in [-0.15, -0.1) is 0 Å².